The maximum absolute atomic E-state index is 13.2. The van der Waals surface area contributed by atoms with E-state index in [0.717, 1.165) is 21.6 Å². The van der Waals surface area contributed by atoms with E-state index in [4.69, 9.17) is 4.74 Å². The van der Waals surface area contributed by atoms with Crippen LogP contribution in [-0.2, 0) is 14.3 Å². The molecular formula is C23H25NO3S. The number of ether oxygens (including phenoxy) is 1. The first kappa shape index (κ1) is 20.4. The van der Waals surface area contributed by atoms with Gasteiger partial charge >= 0.3 is 0 Å². The van der Waals surface area contributed by atoms with Gasteiger partial charge in [-0.3, -0.25) is 14.5 Å². The molecule has 0 atom stereocenters. The number of carbonyl (C=O) groups is 2. The van der Waals surface area contributed by atoms with E-state index in [1.165, 1.54) is 16.7 Å². The van der Waals surface area contributed by atoms with Crippen molar-refractivity contribution in [2.24, 2.45) is 0 Å². The van der Waals surface area contributed by atoms with Crippen LogP contribution in [0.2, 0.25) is 0 Å². The molecule has 1 aliphatic rings. The average molecular weight is 396 g/mol. The molecule has 1 heterocycles. The van der Waals surface area contributed by atoms with Gasteiger partial charge in [-0.05, 0) is 56.5 Å². The predicted molar refractivity (Wildman–Crippen MR) is 113 cm³/mol. The standard InChI is InChI=1S/C23H25NO3S/c1-15(2)27-13-12-24-22(25)20(18-11-10-16(3)17(4)14-18)21(23(24)26)28-19-8-6-5-7-9-19/h5-11,14-15H,12-13H2,1-4H3. The summed E-state index contributed by atoms with van der Waals surface area (Å²) in [6.45, 7) is 8.50. The molecule has 2 aromatic carbocycles. The highest BCUT2D eigenvalue weighted by Crippen LogP contribution is 2.39. The minimum atomic E-state index is -0.251. The van der Waals surface area contributed by atoms with Crippen molar-refractivity contribution < 1.29 is 14.3 Å². The lowest BCUT2D eigenvalue weighted by atomic mass is 10.0. The lowest BCUT2D eigenvalue weighted by molar-refractivity contribution is -0.137. The molecule has 28 heavy (non-hydrogen) atoms. The normalized spacial score (nSPS) is 14.5. The van der Waals surface area contributed by atoms with Gasteiger partial charge in [0.05, 0.1) is 29.7 Å². The molecule has 0 N–H and O–H groups in total. The lowest BCUT2D eigenvalue weighted by Gasteiger charge is -2.16. The number of amides is 2. The Hall–Kier alpha value is -2.37. The molecule has 0 spiro atoms. The van der Waals surface area contributed by atoms with E-state index in [1.807, 2.05) is 76.2 Å². The van der Waals surface area contributed by atoms with Crippen molar-refractivity contribution in [1.82, 2.24) is 4.90 Å². The zero-order valence-electron chi connectivity index (χ0n) is 16.7. The number of rotatable bonds is 7. The van der Waals surface area contributed by atoms with E-state index in [1.54, 1.807) is 0 Å². The zero-order valence-corrected chi connectivity index (χ0v) is 17.5. The Kier molecular flexibility index (Phi) is 6.37. The number of imide groups is 1. The number of thioether (sulfide) groups is 1. The highest BCUT2D eigenvalue weighted by Gasteiger charge is 2.39. The topological polar surface area (TPSA) is 46.6 Å². The monoisotopic (exact) mass is 395 g/mol. The van der Waals surface area contributed by atoms with Gasteiger partial charge in [-0.15, -0.1) is 0 Å². The summed E-state index contributed by atoms with van der Waals surface area (Å²) in [6, 6.07) is 15.6. The second kappa shape index (κ2) is 8.76. The Morgan fingerprint density at radius 1 is 0.964 bits per heavy atom. The first-order valence-corrected chi connectivity index (χ1v) is 10.2. The molecule has 0 aliphatic carbocycles. The van der Waals surface area contributed by atoms with Gasteiger partial charge in [0.25, 0.3) is 11.8 Å². The van der Waals surface area contributed by atoms with E-state index in [0.29, 0.717) is 17.1 Å². The zero-order chi connectivity index (χ0) is 20.3. The molecule has 146 valence electrons. The van der Waals surface area contributed by atoms with Crippen molar-refractivity contribution in [3.05, 3.63) is 70.1 Å². The summed E-state index contributed by atoms with van der Waals surface area (Å²) in [6.07, 6.45) is 0.0538. The van der Waals surface area contributed by atoms with Crippen LogP contribution in [0.5, 0.6) is 0 Å². The molecule has 0 saturated heterocycles. The molecule has 2 amide bonds. The third-order valence-corrected chi connectivity index (χ3v) is 5.74. The smallest absolute Gasteiger partial charge is 0.268 e. The van der Waals surface area contributed by atoms with Crippen LogP contribution in [0.3, 0.4) is 0 Å². The SMILES string of the molecule is Cc1ccc(C2=C(Sc3ccccc3)C(=O)N(CCOC(C)C)C2=O)cc1C. The number of nitrogens with zero attached hydrogens (tertiary/aromatic N) is 1. The number of hydrogen-bond donors (Lipinski definition) is 0. The molecule has 0 fully saturated rings. The summed E-state index contributed by atoms with van der Waals surface area (Å²) in [7, 11) is 0. The Bertz CT molecular complexity index is 919. The molecular weight excluding hydrogens is 370 g/mol. The Balaban J connectivity index is 1.98. The maximum atomic E-state index is 13.2. The van der Waals surface area contributed by atoms with Gasteiger partial charge in [-0.1, -0.05) is 48.2 Å². The largest absolute Gasteiger partial charge is 0.377 e. The van der Waals surface area contributed by atoms with Gasteiger partial charge in [0, 0.05) is 4.90 Å². The fraction of sp³-hybridized carbons (Fsp3) is 0.304. The summed E-state index contributed by atoms with van der Waals surface area (Å²) >= 11 is 1.35. The number of hydrogen-bond acceptors (Lipinski definition) is 4. The highest BCUT2D eigenvalue weighted by atomic mass is 32.2. The Labute approximate surface area is 170 Å². The van der Waals surface area contributed by atoms with Crippen molar-refractivity contribution in [1.29, 1.82) is 0 Å². The molecule has 0 aromatic heterocycles. The second-order valence-corrected chi connectivity index (χ2v) is 8.18. The highest BCUT2D eigenvalue weighted by molar-refractivity contribution is 8.04. The Morgan fingerprint density at radius 3 is 2.32 bits per heavy atom. The van der Waals surface area contributed by atoms with Crippen molar-refractivity contribution >= 4 is 29.1 Å². The molecule has 3 rings (SSSR count). The van der Waals surface area contributed by atoms with E-state index < -0.39 is 0 Å². The summed E-state index contributed by atoms with van der Waals surface area (Å²) < 4.78 is 5.56. The van der Waals surface area contributed by atoms with Crippen LogP contribution >= 0.6 is 11.8 Å². The van der Waals surface area contributed by atoms with Crippen LogP contribution in [0.4, 0.5) is 0 Å². The predicted octanol–water partition coefficient (Wildman–Crippen LogP) is 4.60. The van der Waals surface area contributed by atoms with Crippen LogP contribution in [-0.4, -0.2) is 36.0 Å². The van der Waals surface area contributed by atoms with Gasteiger partial charge in [0.15, 0.2) is 0 Å². The van der Waals surface area contributed by atoms with Gasteiger partial charge < -0.3 is 4.74 Å². The first-order chi connectivity index (χ1) is 13.4. The third kappa shape index (κ3) is 4.37. The van der Waals surface area contributed by atoms with Crippen LogP contribution in [0.1, 0.15) is 30.5 Å². The van der Waals surface area contributed by atoms with Crippen molar-refractivity contribution in [2.75, 3.05) is 13.2 Å². The van der Waals surface area contributed by atoms with Crippen LogP contribution in [0, 0.1) is 13.8 Å². The maximum Gasteiger partial charge on any atom is 0.268 e. The minimum Gasteiger partial charge on any atom is -0.377 e. The Morgan fingerprint density at radius 2 is 1.68 bits per heavy atom. The van der Waals surface area contributed by atoms with Crippen LogP contribution in [0.15, 0.2) is 58.3 Å². The molecule has 0 saturated carbocycles. The second-order valence-electron chi connectivity index (χ2n) is 7.10. The number of carbonyl (C=O) groups excluding carboxylic acids is 2. The average Bonchev–Trinajstić information content (AvgIpc) is 2.89. The van der Waals surface area contributed by atoms with Crippen molar-refractivity contribution in [3.63, 3.8) is 0 Å². The molecule has 0 bridgehead atoms. The van der Waals surface area contributed by atoms with E-state index in [9.17, 15) is 9.59 Å². The van der Waals surface area contributed by atoms with E-state index in [2.05, 4.69) is 0 Å². The summed E-state index contributed by atoms with van der Waals surface area (Å²) in [5, 5.41) is 0. The van der Waals surface area contributed by atoms with Crippen LogP contribution in [0.25, 0.3) is 5.57 Å². The van der Waals surface area contributed by atoms with Gasteiger partial charge in [0.2, 0.25) is 0 Å². The fourth-order valence-electron chi connectivity index (χ4n) is 2.99. The van der Waals surface area contributed by atoms with Gasteiger partial charge in [0.1, 0.15) is 0 Å². The van der Waals surface area contributed by atoms with Gasteiger partial charge in [-0.2, -0.15) is 0 Å². The molecule has 0 radical (unpaired) electrons. The summed E-state index contributed by atoms with van der Waals surface area (Å²) in [5.74, 6) is -0.501. The molecule has 4 nitrogen and oxygen atoms in total. The van der Waals surface area contributed by atoms with E-state index in [-0.39, 0.29) is 24.5 Å². The number of aryl methyl sites for hydroxylation is 2. The quantitative estimate of drug-likeness (QED) is 0.643. The lowest BCUT2D eigenvalue weighted by Crippen LogP contribution is -2.35. The van der Waals surface area contributed by atoms with E-state index >= 15 is 0 Å². The first-order valence-electron chi connectivity index (χ1n) is 9.41. The van der Waals surface area contributed by atoms with Crippen LogP contribution < -0.4 is 0 Å². The molecule has 1 aliphatic heterocycles. The molecule has 2 aromatic rings. The number of benzene rings is 2. The van der Waals surface area contributed by atoms with Gasteiger partial charge in [-0.25, -0.2) is 0 Å². The van der Waals surface area contributed by atoms with Crippen molar-refractivity contribution in [3.8, 4) is 0 Å². The fourth-order valence-corrected chi connectivity index (χ4v) is 4.02. The summed E-state index contributed by atoms with van der Waals surface area (Å²) in [4.78, 5) is 29.0. The molecule has 0 unspecified atom stereocenters. The third-order valence-electron chi connectivity index (χ3n) is 4.65. The summed E-state index contributed by atoms with van der Waals surface area (Å²) in [5.41, 5.74) is 3.51. The molecule has 5 heteroatoms. The van der Waals surface area contributed by atoms with Crippen molar-refractivity contribution in [2.45, 2.75) is 38.7 Å². The minimum absolute atomic E-state index is 0.0538.